The quantitative estimate of drug-likeness (QED) is 0.856. The summed E-state index contributed by atoms with van der Waals surface area (Å²) in [5, 5.41) is 2.86. The second kappa shape index (κ2) is 5.84. The van der Waals surface area contributed by atoms with Crippen molar-refractivity contribution in [1.82, 2.24) is 5.32 Å². The number of nitrogens with zero attached hydrogens (tertiary/aromatic N) is 1. The van der Waals surface area contributed by atoms with E-state index in [9.17, 15) is 14.4 Å². The highest BCUT2D eigenvalue weighted by Gasteiger charge is 2.37. The lowest BCUT2D eigenvalue weighted by Crippen LogP contribution is -2.40. The first-order chi connectivity index (χ1) is 11.7. The largest absolute Gasteiger partial charge is 0.347 e. The van der Waals surface area contributed by atoms with Crippen LogP contribution in [0.2, 0.25) is 0 Å². The molecule has 0 fully saturated rings. The van der Waals surface area contributed by atoms with Crippen LogP contribution in [0.4, 0.5) is 5.69 Å². The molecule has 1 aliphatic heterocycles. The number of hydrogen-bond donors (Lipinski definition) is 1. The smallest absolute Gasteiger partial charge is 0.266 e. The van der Waals surface area contributed by atoms with Gasteiger partial charge in [0.1, 0.15) is 0 Å². The van der Waals surface area contributed by atoms with Gasteiger partial charge in [-0.2, -0.15) is 0 Å². The molecule has 1 heterocycles. The number of imide groups is 1. The third-order valence-corrected chi connectivity index (χ3v) is 3.99. The number of benzene rings is 2. The molecular weight excluding hydrogens is 316 g/mol. The number of amides is 3. The summed E-state index contributed by atoms with van der Waals surface area (Å²) in [6, 6.07) is 11.8. The molecule has 5 nitrogen and oxygen atoms in total. The first kappa shape index (κ1) is 16.9. The minimum absolute atomic E-state index is 0.259. The van der Waals surface area contributed by atoms with Gasteiger partial charge in [-0.3, -0.25) is 14.4 Å². The average Bonchev–Trinajstić information content (AvgIpc) is 2.78. The molecule has 25 heavy (non-hydrogen) atoms. The predicted molar refractivity (Wildman–Crippen MR) is 96.0 cm³/mol. The van der Waals surface area contributed by atoms with E-state index in [0.29, 0.717) is 16.8 Å². The zero-order chi connectivity index (χ0) is 18.4. The van der Waals surface area contributed by atoms with Crippen LogP contribution < -0.4 is 10.2 Å². The number of para-hydroxylation sites is 1. The molecule has 0 spiro atoms. The molecule has 0 unspecified atom stereocenters. The zero-order valence-corrected chi connectivity index (χ0v) is 14.7. The molecule has 0 aliphatic carbocycles. The molecule has 0 bridgehead atoms. The highest BCUT2D eigenvalue weighted by molar-refractivity contribution is 6.35. The van der Waals surface area contributed by atoms with Crippen molar-refractivity contribution in [1.29, 1.82) is 0 Å². The summed E-state index contributed by atoms with van der Waals surface area (Å²) >= 11 is 0. The van der Waals surface area contributed by atoms with Crippen LogP contribution in [-0.2, 0) is 0 Å². The van der Waals surface area contributed by atoms with Crippen molar-refractivity contribution < 1.29 is 14.4 Å². The van der Waals surface area contributed by atoms with Crippen molar-refractivity contribution in [3.63, 3.8) is 0 Å². The van der Waals surface area contributed by atoms with E-state index < -0.39 is 5.91 Å². The third kappa shape index (κ3) is 3.05. The number of hydrogen-bond acceptors (Lipinski definition) is 3. The Balaban J connectivity index is 1.99. The Kier molecular flexibility index (Phi) is 3.95. The van der Waals surface area contributed by atoms with Gasteiger partial charge < -0.3 is 5.32 Å². The third-order valence-electron chi connectivity index (χ3n) is 3.99. The van der Waals surface area contributed by atoms with Gasteiger partial charge in [0, 0.05) is 11.1 Å². The Labute approximate surface area is 146 Å². The number of nitrogens with one attached hydrogen (secondary N) is 1. The summed E-state index contributed by atoms with van der Waals surface area (Å²) in [5.41, 5.74) is 1.96. The SMILES string of the molecule is Cc1ccccc1N1C(=O)c2ccc(C(=O)NC(C)(C)C)cc2C1=O. The standard InChI is InChI=1S/C20H20N2O3/c1-12-7-5-6-8-16(12)22-18(24)14-10-9-13(11-15(14)19(22)25)17(23)21-20(2,3)4/h5-11H,1-4H3,(H,21,23). The first-order valence-electron chi connectivity index (χ1n) is 8.10. The van der Waals surface area contributed by atoms with Crippen LogP contribution >= 0.6 is 0 Å². The van der Waals surface area contributed by atoms with Gasteiger partial charge in [0.05, 0.1) is 16.8 Å². The number of aryl methyl sites for hydroxylation is 1. The second-order valence-corrected chi connectivity index (χ2v) is 7.20. The minimum Gasteiger partial charge on any atom is -0.347 e. The Bertz CT molecular complexity index is 894. The maximum atomic E-state index is 12.8. The highest BCUT2D eigenvalue weighted by atomic mass is 16.2. The monoisotopic (exact) mass is 336 g/mol. The van der Waals surface area contributed by atoms with E-state index in [1.165, 1.54) is 11.0 Å². The van der Waals surface area contributed by atoms with Gasteiger partial charge in [0.25, 0.3) is 17.7 Å². The van der Waals surface area contributed by atoms with E-state index in [4.69, 9.17) is 0 Å². The maximum absolute atomic E-state index is 12.8. The number of carbonyl (C=O) groups excluding carboxylic acids is 3. The Morgan fingerprint density at radius 3 is 2.24 bits per heavy atom. The van der Waals surface area contributed by atoms with Crippen LogP contribution in [0.3, 0.4) is 0 Å². The van der Waals surface area contributed by atoms with Gasteiger partial charge in [0.15, 0.2) is 0 Å². The molecular formula is C20H20N2O3. The molecule has 0 saturated heterocycles. The summed E-state index contributed by atoms with van der Waals surface area (Å²) in [7, 11) is 0. The summed E-state index contributed by atoms with van der Waals surface area (Å²) in [4.78, 5) is 39.0. The fourth-order valence-electron chi connectivity index (χ4n) is 2.83. The molecule has 5 heteroatoms. The number of carbonyl (C=O) groups is 3. The van der Waals surface area contributed by atoms with E-state index in [1.807, 2.05) is 39.8 Å². The number of anilines is 1. The second-order valence-electron chi connectivity index (χ2n) is 7.20. The Hall–Kier alpha value is -2.95. The fourth-order valence-corrected chi connectivity index (χ4v) is 2.83. The van der Waals surface area contributed by atoms with E-state index >= 15 is 0 Å². The zero-order valence-electron chi connectivity index (χ0n) is 14.7. The fraction of sp³-hybridized carbons (Fsp3) is 0.250. The number of rotatable bonds is 2. The molecule has 0 atom stereocenters. The van der Waals surface area contributed by atoms with E-state index in [2.05, 4.69) is 5.32 Å². The van der Waals surface area contributed by atoms with Crippen molar-refractivity contribution in [2.24, 2.45) is 0 Å². The summed E-state index contributed by atoms with van der Waals surface area (Å²) in [6.45, 7) is 7.49. The van der Waals surface area contributed by atoms with Crippen molar-refractivity contribution in [2.45, 2.75) is 33.2 Å². The van der Waals surface area contributed by atoms with Crippen molar-refractivity contribution in [2.75, 3.05) is 4.90 Å². The lowest BCUT2D eigenvalue weighted by molar-refractivity contribution is 0.0912. The molecule has 0 aromatic heterocycles. The molecule has 1 N–H and O–H groups in total. The van der Waals surface area contributed by atoms with Crippen LogP contribution in [0.5, 0.6) is 0 Å². The van der Waals surface area contributed by atoms with Crippen LogP contribution in [0, 0.1) is 6.92 Å². The average molecular weight is 336 g/mol. The summed E-state index contributed by atoms with van der Waals surface area (Å²) in [5.74, 6) is -1.04. The highest BCUT2D eigenvalue weighted by Crippen LogP contribution is 2.31. The van der Waals surface area contributed by atoms with Crippen molar-refractivity contribution in [3.8, 4) is 0 Å². The van der Waals surface area contributed by atoms with E-state index in [1.54, 1.807) is 24.3 Å². The molecule has 2 aromatic carbocycles. The normalized spacial score (nSPS) is 13.8. The topological polar surface area (TPSA) is 66.5 Å². The van der Waals surface area contributed by atoms with Gasteiger partial charge in [0.2, 0.25) is 0 Å². The van der Waals surface area contributed by atoms with Crippen molar-refractivity contribution >= 4 is 23.4 Å². The first-order valence-corrected chi connectivity index (χ1v) is 8.10. The van der Waals surface area contributed by atoms with Crippen LogP contribution in [0.15, 0.2) is 42.5 Å². The molecule has 128 valence electrons. The maximum Gasteiger partial charge on any atom is 0.266 e. The molecule has 1 aliphatic rings. The van der Waals surface area contributed by atoms with Gasteiger partial charge >= 0.3 is 0 Å². The van der Waals surface area contributed by atoms with Crippen LogP contribution in [-0.4, -0.2) is 23.3 Å². The van der Waals surface area contributed by atoms with Gasteiger partial charge in [-0.25, -0.2) is 4.90 Å². The van der Waals surface area contributed by atoms with Gasteiger partial charge in [-0.1, -0.05) is 18.2 Å². The lowest BCUT2D eigenvalue weighted by Gasteiger charge is -2.20. The Morgan fingerprint density at radius 2 is 1.60 bits per heavy atom. The molecule has 0 saturated carbocycles. The van der Waals surface area contributed by atoms with E-state index in [0.717, 1.165) is 5.56 Å². The molecule has 2 aromatic rings. The summed E-state index contributed by atoms with van der Waals surface area (Å²) in [6.07, 6.45) is 0. The number of fused-ring (bicyclic) bond motifs is 1. The minimum atomic E-state index is -0.403. The molecule has 0 radical (unpaired) electrons. The Morgan fingerprint density at radius 1 is 0.960 bits per heavy atom. The van der Waals surface area contributed by atoms with Gasteiger partial charge in [-0.05, 0) is 57.5 Å². The lowest BCUT2D eigenvalue weighted by atomic mass is 10.0. The molecule has 3 amide bonds. The van der Waals surface area contributed by atoms with Gasteiger partial charge in [-0.15, -0.1) is 0 Å². The molecule has 3 rings (SSSR count). The predicted octanol–water partition coefficient (Wildman–Crippen LogP) is 3.32. The van der Waals surface area contributed by atoms with Crippen LogP contribution in [0.1, 0.15) is 57.4 Å². The van der Waals surface area contributed by atoms with Crippen LogP contribution in [0.25, 0.3) is 0 Å². The van der Waals surface area contributed by atoms with Crippen molar-refractivity contribution in [3.05, 3.63) is 64.7 Å². The summed E-state index contributed by atoms with van der Waals surface area (Å²) < 4.78 is 0. The van der Waals surface area contributed by atoms with E-state index in [-0.39, 0.29) is 22.9 Å².